The second-order valence-electron chi connectivity index (χ2n) is 7.27. The number of sulfonamides is 1. The van der Waals surface area contributed by atoms with E-state index in [1.807, 2.05) is 6.92 Å². The van der Waals surface area contributed by atoms with E-state index in [9.17, 15) is 13.2 Å². The number of rotatable bonds is 7. The first-order valence-corrected chi connectivity index (χ1v) is 11.4. The van der Waals surface area contributed by atoms with E-state index in [2.05, 4.69) is 10.5 Å². The van der Waals surface area contributed by atoms with E-state index in [0.717, 1.165) is 41.3 Å². The van der Waals surface area contributed by atoms with Gasteiger partial charge in [-0.3, -0.25) is 9.10 Å². The Bertz CT molecular complexity index is 1010. The van der Waals surface area contributed by atoms with Gasteiger partial charge in [0.2, 0.25) is 0 Å². The Morgan fingerprint density at radius 1 is 1.07 bits per heavy atom. The van der Waals surface area contributed by atoms with E-state index in [0.29, 0.717) is 11.4 Å². The van der Waals surface area contributed by atoms with Crippen molar-refractivity contribution >= 4 is 27.3 Å². The van der Waals surface area contributed by atoms with Crippen molar-refractivity contribution in [3.8, 4) is 5.75 Å². The first-order chi connectivity index (χ1) is 14.4. The number of carbonyl (C=O) groups excluding carboxylic acids is 1. The van der Waals surface area contributed by atoms with Crippen LogP contribution in [0.25, 0.3) is 0 Å². The molecule has 1 fully saturated rings. The average Bonchev–Trinajstić information content (AvgIpc) is 2.77. The molecule has 0 unspecified atom stereocenters. The molecule has 0 bridgehead atoms. The number of anilines is 1. The Morgan fingerprint density at radius 2 is 1.73 bits per heavy atom. The minimum atomic E-state index is -4.00. The molecule has 0 heterocycles. The zero-order valence-corrected chi connectivity index (χ0v) is 18.1. The number of hydrazone groups is 1. The van der Waals surface area contributed by atoms with Crippen molar-refractivity contribution in [1.29, 1.82) is 0 Å². The third kappa shape index (κ3) is 5.18. The van der Waals surface area contributed by atoms with Crippen molar-refractivity contribution in [2.24, 2.45) is 5.10 Å². The van der Waals surface area contributed by atoms with Crippen LogP contribution in [0.5, 0.6) is 5.75 Å². The quantitative estimate of drug-likeness (QED) is 0.681. The molecule has 0 aromatic heterocycles. The van der Waals surface area contributed by atoms with Crippen LogP contribution in [0.2, 0.25) is 0 Å². The molecular formula is C22H27N3O4S. The van der Waals surface area contributed by atoms with Crippen molar-refractivity contribution in [3.05, 3.63) is 54.1 Å². The number of amides is 1. The molecule has 0 aliphatic heterocycles. The number of para-hydroxylation sites is 2. The molecule has 30 heavy (non-hydrogen) atoms. The second-order valence-corrected chi connectivity index (χ2v) is 9.13. The van der Waals surface area contributed by atoms with Crippen LogP contribution in [0.1, 0.15) is 37.7 Å². The van der Waals surface area contributed by atoms with Crippen molar-refractivity contribution in [1.82, 2.24) is 5.43 Å². The van der Waals surface area contributed by atoms with Gasteiger partial charge in [-0.05, 0) is 56.9 Å². The van der Waals surface area contributed by atoms with Gasteiger partial charge < -0.3 is 4.74 Å². The van der Waals surface area contributed by atoms with Gasteiger partial charge in [0.05, 0.1) is 17.7 Å². The highest BCUT2D eigenvalue weighted by atomic mass is 32.2. The predicted molar refractivity (Wildman–Crippen MR) is 117 cm³/mol. The van der Waals surface area contributed by atoms with Crippen LogP contribution in [0.15, 0.2) is 58.5 Å². The fourth-order valence-corrected chi connectivity index (χ4v) is 4.78. The maximum atomic E-state index is 13.4. The van der Waals surface area contributed by atoms with Gasteiger partial charge in [0.1, 0.15) is 12.3 Å². The molecule has 0 saturated heterocycles. The van der Waals surface area contributed by atoms with Crippen LogP contribution in [0, 0.1) is 6.92 Å². The summed E-state index contributed by atoms with van der Waals surface area (Å²) in [5.41, 5.74) is 4.71. The number of aryl methyl sites for hydroxylation is 1. The molecule has 1 aliphatic carbocycles. The number of hydrogen-bond donors (Lipinski definition) is 1. The number of ether oxygens (including phenoxy) is 1. The van der Waals surface area contributed by atoms with Crippen LogP contribution < -0.4 is 14.5 Å². The number of hydrogen-bond acceptors (Lipinski definition) is 5. The molecule has 3 rings (SSSR count). The summed E-state index contributed by atoms with van der Waals surface area (Å²) in [5.74, 6) is -0.144. The molecule has 2 aromatic rings. The van der Waals surface area contributed by atoms with Gasteiger partial charge in [0, 0.05) is 5.71 Å². The van der Waals surface area contributed by atoms with E-state index in [1.54, 1.807) is 36.4 Å². The minimum Gasteiger partial charge on any atom is -0.495 e. The Morgan fingerprint density at radius 3 is 2.40 bits per heavy atom. The third-order valence-electron chi connectivity index (χ3n) is 5.02. The summed E-state index contributed by atoms with van der Waals surface area (Å²) in [7, 11) is -2.53. The zero-order valence-electron chi connectivity index (χ0n) is 17.3. The van der Waals surface area contributed by atoms with Crippen molar-refractivity contribution in [3.63, 3.8) is 0 Å². The van der Waals surface area contributed by atoms with Gasteiger partial charge in [-0.2, -0.15) is 5.10 Å². The second kappa shape index (κ2) is 9.75. The molecule has 160 valence electrons. The normalized spacial score (nSPS) is 14.1. The lowest BCUT2D eigenvalue weighted by molar-refractivity contribution is -0.119. The van der Waals surface area contributed by atoms with Crippen molar-refractivity contribution in [2.45, 2.75) is 43.9 Å². The predicted octanol–water partition coefficient (Wildman–Crippen LogP) is 3.64. The molecular weight excluding hydrogens is 402 g/mol. The number of benzene rings is 2. The summed E-state index contributed by atoms with van der Waals surface area (Å²) in [4.78, 5) is 12.7. The maximum absolute atomic E-state index is 13.4. The summed E-state index contributed by atoms with van der Waals surface area (Å²) in [6.07, 6.45) is 5.01. The largest absolute Gasteiger partial charge is 0.495 e. The Kier molecular flexibility index (Phi) is 7.10. The number of nitrogens with one attached hydrogen (secondary N) is 1. The summed E-state index contributed by atoms with van der Waals surface area (Å²) in [6, 6.07) is 13.2. The molecule has 0 radical (unpaired) electrons. The first-order valence-electron chi connectivity index (χ1n) is 9.98. The molecule has 0 atom stereocenters. The van der Waals surface area contributed by atoms with Crippen molar-refractivity contribution in [2.75, 3.05) is 18.0 Å². The highest BCUT2D eigenvalue weighted by Gasteiger charge is 2.29. The zero-order chi connectivity index (χ0) is 21.6. The average molecular weight is 430 g/mol. The number of nitrogens with zero attached hydrogens (tertiary/aromatic N) is 2. The van der Waals surface area contributed by atoms with Crippen LogP contribution >= 0.6 is 0 Å². The van der Waals surface area contributed by atoms with Gasteiger partial charge in [-0.15, -0.1) is 0 Å². The summed E-state index contributed by atoms with van der Waals surface area (Å²) in [5, 5.41) is 4.20. The van der Waals surface area contributed by atoms with Crippen molar-refractivity contribution < 1.29 is 17.9 Å². The molecule has 7 nitrogen and oxygen atoms in total. The fourth-order valence-electron chi connectivity index (χ4n) is 3.35. The minimum absolute atomic E-state index is 0.102. The molecule has 0 spiro atoms. The Balaban J connectivity index is 1.91. The molecule has 1 amide bonds. The summed E-state index contributed by atoms with van der Waals surface area (Å²) in [6.45, 7) is 1.47. The molecule has 2 aromatic carbocycles. The molecule has 1 saturated carbocycles. The van der Waals surface area contributed by atoms with Crippen LogP contribution in [-0.4, -0.2) is 33.7 Å². The van der Waals surface area contributed by atoms with Gasteiger partial charge in [0.25, 0.3) is 15.9 Å². The summed E-state index contributed by atoms with van der Waals surface area (Å²) < 4.78 is 33.2. The Labute approximate surface area is 177 Å². The lowest BCUT2D eigenvalue weighted by Crippen LogP contribution is -2.40. The standard InChI is InChI=1S/C22H27N3O4S/c1-17-12-14-19(15-13-17)30(27,28)25(20-10-6-7-11-21(20)29-2)16-22(26)24-23-18-8-4-3-5-9-18/h6-7,10-15H,3-5,8-9,16H2,1-2H3,(H,24,26). The van der Waals surface area contributed by atoms with Gasteiger partial charge in [-0.1, -0.05) is 36.2 Å². The highest BCUT2D eigenvalue weighted by molar-refractivity contribution is 7.92. The SMILES string of the molecule is COc1ccccc1N(CC(=O)NN=C1CCCCC1)S(=O)(=O)c1ccc(C)cc1. The molecule has 8 heteroatoms. The van der Waals surface area contributed by atoms with Gasteiger partial charge in [-0.25, -0.2) is 13.8 Å². The van der Waals surface area contributed by atoms with Crippen LogP contribution in [0.4, 0.5) is 5.69 Å². The lowest BCUT2D eigenvalue weighted by atomic mass is 9.99. The smallest absolute Gasteiger partial charge is 0.264 e. The van der Waals surface area contributed by atoms with E-state index in [-0.39, 0.29) is 4.90 Å². The summed E-state index contributed by atoms with van der Waals surface area (Å²) >= 11 is 0. The molecule has 1 N–H and O–H groups in total. The Hall–Kier alpha value is -2.87. The van der Waals surface area contributed by atoms with Gasteiger partial charge >= 0.3 is 0 Å². The molecule has 1 aliphatic rings. The van der Waals surface area contributed by atoms with Crippen LogP contribution in [0.3, 0.4) is 0 Å². The van der Waals surface area contributed by atoms with Crippen LogP contribution in [-0.2, 0) is 14.8 Å². The van der Waals surface area contributed by atoms with E-state index >= 15 is 0 Å². The number of carbonyl (C=O) groups is 1. The lowest BCUT2D eigenvalue weighted by Gasteiger charge is -2.25. The highest BCUT2D eigenvalue weighted by Crippen LogP contribution is 2.32. The third-order valence-corrected chi connectivity index (χ3v) is 6.79. The van der Waals surface area contributed by atoms with E-state index in [4.69, 9.17) is 4.74 Å². The first kappa shape index (κ1) is 21.8. The topological polar surface area (TPSA) is 88.1 Å². The fraction of sp³-hybridized carbons (Fsp3) is 0.364. The van der Waals surface area contributed by atoms with E-state index < -0.39 is 22.5 Å². The maximum Gasteiger partial charge on any atom is 0.264 e. The van der Waals surface area contributed by atoms with Gasteiger partial charge in [0.15, 0.2) is 0 Å². The number of methoxy groups -OCH3 is 1. The van der Waals surface area contributed by atoms with E-state index in [1.165, 1.54) is 25.7 Å². The monoisotopic (exact) mass is 429 g/mol.